The molecule has 4 rings (SSSR count). The Balaban J connectivity index is 1.57. The fourth-order valence-corrected chi connectivity index (χ4v) is 4.87. The van der Waals surface area contributed by atoms with Gasteiger partial charge in [0.1, 0.15) is 0 Å². The van der Waals surface area contributed by atoms with Crippen molar-refractivity contribution in [2.45, 2.75) is 44.7 Å². The summed E-state index contributed by atoms with van der Waals surface area (Å²) in [6, 6.07) is 17.8. The second-order valence-electron chi connectivity index (χ2n) is 8.24. The number of fused-ring (bicyclic) bond motifs is 1. The summed E-state index contributed by atoms with van der Waals surface area (Å²) in [4.78, 5) is 16.4. The maximum atomic E-state index is 12.0. The molecule has 4 nitrogen and oxygen atoms in total. The number of carbonyl (C=O) groups excluding carboxylic acids is 1. The first kappa shape index (κ1) is 19.2. The van der Waals surface area contributed by atoms with E-state index in [0.29, 0.717) is 6.04 Å². The van der Waals surface area contributed by atoms with E-state index in [4.69, 9.17) is 0 Å². The van der Waals surface area contributed by atoms with E-state index in [0.717, 1.165) is 32.5 Å². The highest BCUT2D eigenvalue weighted by atomic mass is 16.3. The van der Waals surface area contributed by atoms with Crippen LogP contribution in [0.3, 0.4) is 0 Å². The molecule has 0 radical (unpaired) electrons. The van der Waals surface area contributed by atoms with Crippen LogP contribution in [0.5, 0.6) is 0 Å². The number of benzene rings is 2. The molecule has 0 aliphatic carbocycles. The van der Waals surface area contributed by atoms with Gasteiger partial charge in [-0.15, -0.1) is 0 Å². The Labute approximate surface area is 167 Å². The number of carbonyl (C=O) groups is 1. The monoisotopic (exact) mass is 378 g/mol. The average Bonchev–Trinajstić information content (AvgIpc) is 2.67. The highest BCUT2D eigenvalue weighted by Gasteiger charge is 2.49. The smallest absolute Gasteiger partial charge is 0.219 e. The molecular weight excluding hydrogens is 348 g/mol. The molecule has 1 N–H and O–H groups in total. The molecule has 2 saturated heterocycles. The van der Waals surface area contributed by atoms with Gasteiger partial charge in [-0.3, -0.25) is 9.69 Å². The number of aliphatic hydroxyl groups is 1. The van der Waals surface area contributed by atoms with Crippen molar-refractivity contribution in [1.29, 1.82) is 0 Å². The van der Waals surface area contributed by atoms with Crippen LogP contribution in [-0.4, -0.2) is 59.1 Å². The molecule has 2 aliphatic rings. The Kier molecular flexibility index (Phi) is 5.51. The first-order valence-electron chi connectivity index (χ1n) is 10.4. The zero-order chi connectivity index (χ0) is 19.7. The first-order valence-corrected chi connectivity index (χ1v) is 10.4. The van der Waals surface area contributed by atoms with Crippen molar-refractivity contribution >= 4 is 5.91 Å². The molecule has 0 unspecified atom stereocenters. The van der Waals surface area contributed by atoms with Gasteiger partial charge < -0.3 is 10.0 Å². The molecule has 148 valence electrons. The largest absolute Gasteiger partial charge is 0.395 e. The van der Waals surface area contributed by atoms with Gasteiger partial charge in [-0.05, 0) is 43.0 Å². The lowest BCUT2D eigenvalue weighted by atomic mass is 9.74. The fraction of sp³-hybridized carbons (Fsp3) is 0.458. The Bertz CT molecular complexity index is 816. The second kappa shape index (κ2) is 8.06. The minimum absolute atomic E-state index is 0.155. The van der Waals surface area contributed by atoms with E-state index >= 15 is 0 Å². The van der Waals surface area contributed by atoms with Gasteiger partial charge in [-0.25, -0.2) is 0 Å². The van der Waals surface area contributed by atoms with E-state index in [-0.39, 0.29) is 24.5 Å². The number of amides is 1. The van der Waals surface area contributed by atoms with Gasteiger partial charge in [0, 0.05) is 38.0 Å². The maximum Gasteiger partial charge on any atom is 0.219 e. The molecule has 0 saturated carbocycles. The quantitative estimate of drug-likeness (QED) is 0.890. The lowest BCUT2D eigenvalue weighted by Crippen LogP contribution is -2.67. The normalized spacial score (nSPS) is 25.4. The Hall–Kier alpha value is -2.17. The van der Waals surface area contributed by atoms with Crippen molar-refractivity contribution < 1.29 is 9.90 Å². The summed E-state index contributed by atoms with van der Waals surface area (Å²) in [5.41, 5.74) is 4.96. The van der Waals surface area contributed by atoms with Crippen LogP contribution in [0.15, 0.2) is 48.5 Å². The van der Waals surface area contributed by atoms with E-state index in [9.17, 15) is 9.90 Å². The topological polar surface area (TPSA) is 43.8 Å². The average molecular weight is 379 g/mol. The molecule has 2 aliphatic heterocycles. The van der Waals surface area contributed by atoms with Crippen LogP contribution in [0.25, 0.3) is 11.1 Å². The summed E-state index contributed by atoms with van der Waals surface area (Å²) >= 11 is 0. The maximum absolute atomic E-state index is 12.0. The van der Waals surface area contributed by atoms with Gasteiger partial charge >= 0.3 is 0 Å². The molecular formula is C24H30N2O2. The molecule has 0 aromatic heterocycles. The lowest BCUT2D eigenvalue weighted by molar-refractivity contribution is -0.134. The van der Waals surface area contributed by atoms with Crippen molar-refractivity contribution in [3.8, 4) is 11.1 Å². The highest BCUT2D eigenvalue weighted by Crippen LogP contribution is 2.42. The molecule has 2 aromatic rings. The van der Waals surface area contributed by atoms with Crippen LogP contribution in [0.1, 0.15) is 36.8 Å². The highest BCUT2D eigenvalue weighted by molar-refractivity contribution is 5.73. The van der Waals surface area contributed by atoms with Crippen molar-refractivity contribution in [3.63, 3.8) is 0 Å². The van der Waals surface area contributed by atoms with E-state index in [1.54, 1.807) is 6.92 Å². The van der Waals surface area contributed by atoms with Crippen molar-refractivity contribution in [3.05, 3.63) is 59.7 Å². The number of aliphatic hydroxyl groups excluding tert-OH is 1. The number of hydrogen-bond acceptors (Lipinski definition) is 3. The van der Waals surface area contributed by atoms with Crippen LogP contribution < -0.4 is 0 Å². The van der Waals surface area contributed by atoms with Crippen molar-refractivity contribution in [1.82, 2.24) is 9.80 Å². The van der Waals surface area contributed by atoms with Crippen LogP contribution in [0.2, 0.25) is 0 Å². The zero-order valence-electron chi connectivity index (χ0n) is 16.8. The third-order valence-corrected chi connectivity index (χ3v) is 6.50. The molecule has 2 fully saturated rings. The first-order chi connectivity index (χ1) is 13.6. The Morgan fingerprint density at radius 2 is 1.61 bits per heavy atom. The Morgan fingerprint density at radius 1 is 1.00 bits per heavy atom. The number of nitrogens with zero attached hydrogens (tertiary/aromatic N) is 2. The number of rotatable bonds is 3. The van der Waals surface area contributed by atoms with Crippen molar-refractivity contribution in [2.75, 3.05) is 26.2 Å². The van der Waals surface area contributed by atoms with Gasteiger partial charge in [0.2, 0.25) is 5.91 Å². The summed E-state index contributed by atoms with van der Waals surface area (Å²) in [7, 11) is 0. The SMILES string of the molecule is CC(=O)N1CCCCN2[C@@H](CO)[C@@H](c3ccc(-c4ccc(C)cc4)cc3)[C@@H]2C1. The summed E-state index contributed by atoms with van der Waals surface area (Å²) < 4.78 is 0. The van der Waals surface area contributed by atoms with E-state index in [2.05, 4.69) is 60.4 Å². The zero-order valence-corrected chi connectivity index (χ0v) is 16.8. The molecule has 3 atom stereocenters. The van der Waals surface area contributed by atoms with Crippen LogP contribution >= 0.6 is 0 Å². The van der Waals surface area contributed by atoms with E-state index in [1.165, 1.54) is 22.3 Å². The lowest BCUT2D eigenvalue weighted by Gasteiger charge is -2.57. The van der Waals surface area contributed by atoms with E-state index < -0.39 is 0 Å². The number of hydrogen-bond donors (Lipinski definition) is 1. The van der Waals surface area contributed by atoms with Gasteiger partial charge in [0.15, 0.2) is 0 Å². The van der Waals surface area contributed by atoms with Gasteiger partial charge in [-0.1, -0.05) is 54.1 Å². The molecule has 4 heteroatoms. The third-order valence-electron chi connectivity index (χ3n) is 6.50. The summed E-state index contributed by atoms with van der Waals surface area (Å²) in [6.45, 7) is 6.56. The molecule has 2 heterocycles. The van der Waals surface area contributed by atoms with Crippen molar-refractivity contribution in [2.24, 2.45) is 0 Å². The summed E-state index contributed by atoms with van der Waals surface area (Å²) in [5, 5.41) is 10.0. The predicted molar refractivity (Wildman–Crippen MR) is 112 cm³/mol. The standard InChI is InChI=1S/C24H30N2O2/c1-17-5-7-19(8-6-17)20-9-11-21(12-10-20)24-22-15-25(18(2)28)13-3-4-14-26(22)23(24)16-27/h5-12,22-24,27H,3-4,13-16H2,1-2H3/t22-,23-,24-/m0/s1. The van der Waals surface area contributed by atoms with Crippen LogP contribution in [0, 0.1) is 6.92 Å². The number of aryl methyl sites for hydroxylation is 1. The third kappa shape index (κ3) is 3.59. The molecule has 2 aromatic carbocycles. The molecule has 1 amide bonds. The van der Waals surface area contributed by atoms with E-state index in [1.807, 2.05) is 4.90 Å². The second-order valence-corrected chi connectivity index (χ2v) is 8.24. The fourth-order valence-electron chi connectivity index (χ4n) is 4.87. The summed E-state index contributed by atoms with van der Waals surface area (Å²) in [5.74, 6) is 0.430. The predicted octanol–water partition coefficient (Wildman–Crippen LogP) is 3.43. The van der Waals surface area contributed by atoms with Gasteiger partial charge in [0.25, 0.3) is 0 Å². The minimum Gasteiger partial charge on any atom is -0.395 e. The molecule has 0 spiro atoms. The summed E-state index contributed by atoms with van der Waals surface area (Å²) in [6.07, 6.45) is 2.12. The Morgan fingerprint density at radius 3 is 2.21 bits per heavy atom. The van der Waals surface area contributed by atoms with Crippen LogP contribution in [-0.2, 0) is 4.79 Å². The van der Waals surface area contributed by atoms with Gasteiger partial charge in [-0.2, -0.15) is 0 Å². The van der Waals surface area contributed by atoms with Crippen LogP contribution in [0.4, 0.5) is 0 Å². The minimum atomic E-state index is 0.155. The molecule has 28 heavy (non-hydrogen) atoms. The molecule has 0 bridgehead atoms. The van der Waals surface area contributed by atoms with Gasteiger partial charge in [0.05, 0.1) is 6.61 Å².